The third-order valence-corrected chi connectivity index (χ3v) is 3.56. The van der Waals surface area contributed by atoms with Gasteiger partial charge >= 0.3 is 0 Å². The molecule has 2 aromatic carbocycles. The largest absolute Gasteiger partial charge is 0.457 e. The van der Waals surface area contributed by atoms with Crippen LogP contribution in [0.25, 0.3) is 11.0 Å². The first-order valence-electron chi connectivity index (χ1n) is 7.51. The molecule has 25 heavy (non-hydrogen) atoms. The first-order chi connectivity index (χ1) is 12.3. The predicted octanol–water partition coefficient (Wildman–Crippen LogP) is 3.76. The first-order valence-corrected chi connectivity index (χ1v) is 7.51. The van der Waals surface area contributed by atoms with E-state index in [1.807, 2.05) is 30.3 Å². The maximum atomic E-state index is 8.93. The molecule has 2 aromatic heterocycles. The quantitative estimate of drug-likeness (QED) is 0.591. The average Bonchev–Trinajstić information content (AvgIpc) is 3.13. The van der Waals surface area contributed by atoms with Crippen molar-refractivity contribution in [2.24, 2.45) is 0 Å². The third kappa shape index (κ3) is 3.09. The first kappa shape index (κ1) is 14.7. The lowest BCUT2D eigenvalue weighted by molar-refractivity contribution is 0.482. The van der Waals surface area contributed by atoms with E-state index in [0.29, 0.717) is 28.5 Å². The zero-order valence-electron chi connectivity index (χ0n) is 13.0. The summed E-state index contributed by atoms with van der Waals surface area (Å²) >= 11 is 0. The fourth-order valence-electron chi connectivity index (χ4n) is 2.37. The van der Waals surface area contributed by atoms with Crippen molar-refractivity contribution in [2.75, 3.05) is 5.32 Å². The van der Waals surface area contributed by atoms with Crippen molar-refractivity contribution in [1.82, 2.24) is 20.2 Å². The van der Waals surface area contributed by atoms with Gasteiger partial charge in [0, 0.05) is 5.69 Å². The van der Waals surface area contributed by atoms with Gasteiger partial charge in [0.15, 0.2) is 5.65 Å². The van der Waals surface area contributed by atoms with E-state index < -0.39 is 0 Å². The van der Waals surface area contributed by atoms with Gasteiger partial charge in [-0.05, 0) is 42.5 Å². The Hall–Kier alpha value is -3.92. The van der Waals surface area contributed by atoms with E-state index in [1.54, 1.807) is 24.4 Å². The van der Waals surface area contributed by atoms with Gasteiger partial charge in [0.2, 0.25) is 0 Å². The summed E-state index contributed by atoms with van der Waals surface area (Å²) in [4.78, 5) is 8.35. The van der Waals surface area contributed by atoms with Crippen molar-refractivity contribution in [1.29, 1.82) is 5.26 Å². The smallest absolute Gasteiger partial charge is 0.160 e. The number of nitrogens with zero attached hydrogens (tertiary/aromatic N) is 4. The number of aromatic nitrogens is 4. The average molecular weight is 328 g/mol. The molecule has 0 bridgehead atoms. The van der Waals surface area contributed by atoms with Crippen LogP contribution in [0.3, 0.4) is 0 Å². The Morgan fingerprint density at radius 2 is 1.92 bits per heavy atom. The predicted molar refractivity (Wildman–Crippen MR) is 92.6 cm³/mol. The van der Waals surface area contributed by atoms with E-state index in [2.05, 4.69) is 31.6 Å². The number of aromatic amines is 1. The summed E-state index contributed by atoms with van der Waals surface area (Å²) in [5.74, 6) is 1.97. The summed E-state index contributed by atoms with van der Waals surface area (Å²) in [6.07, 6.45) is 3.15. The van der Waals surface area contributed by atoms with Crippen LogP contribution in [-0.2, 0) is 0 Å². The molecule has 0 aliphatic carbocycles. The second-order valence-corrected chi connectivity index (χ2v) is 5.25. The van der Waals surface area contributed by atoms with Crippen LogP contribution in [0, 0.1) is 11.3 Å². The van der Waals surface area contributed by atoms with Gasteiger partial charge in [-0.2, -0.15) is 10.4 Å². The molecule has 0 aliphatic rings. The molecule has 0 atom stereocenters. The topological polar surface area (TPSA) is 99.5 Å². The molecule has 120 valence electrons. The minimum Gasteiger partial charge on any atom is -0.457 e. The molecule has 0 radical (unpaired) electrons. The molecule has 0 amide bonds. The molecule has 0 aliphatic heterocycles. The van der Waals surface area contributed by atoms with Crippen molar-refractivity contribution in [3.8, 4) is 17.6 Å². The van der Waals surface area contributed by atoms with E-state index >= 15 is 0 Å². The summed E-state index contributed by atoms with van der Waals surface area (Å²) in [6.45, 7) is 0. The van der Waals surface area contributed by atoms with Crippen molar-refractivity contribution >= 4 is 22.5 Å². The zero-order valence-corrected chi connectivity index (χ0v) is 13.0. The van der Waals surface area contributed by atoms with Crippen molar-refractivity contribution in [2.45, 2.75) is 0 Å². The molecule has 4 rings (SSSR count). The minimum atomic E-state index is 0.559. The number of ether oxygens (including phenoxy) is 1. The van der Waals surface area contributed by atoms with E-state index in [4.69, 9.17) is 10.00 Å². The molecular weight excluding hydrogens is 316 g/mol. The van der Waals surface area contributed by atoms with Gasteiger partial charge in [0.25, 0.3) is 0 Å². The summed E-state index contributed by atoms with van der Waals surface area (Å²) in [5, 5.41) is 19.8. The Labute approximate surface area is 142 Å². The van der Waals surface area contributed by atoms with Crippen LogP contribution in [0.2, 0.25) is 0 Å². The molecule has 7 heteroatoms. The van der Waals surface area contributed by atoms with Crippen LogP contribution in [0.15, 0.2) is 61.1 Å². The van der Waals surface area contributed by atoms with Gasteiger partial charge in [-0.3, -0.25) is 5.10 Å². The standard InChI is InChI=1S/C18H12N6O/c19-9-12-2-1-3-15(8-12)25-14-6-4-13(5-7-14)23-17-16-10-22-24-18(16)21-11-20-17/h1-8,10-11H,(H2,20,21,22,23,24). The van der Waals surface area contributed by atoms with Gasteiger partial charge in [0.1, 0.15) is 23.6 Å². The maximum Gasteiger partial charge on any atom is 0.160 e. The lowest BCUT2D eigenvalue weighted by atomic mass is 10.2. The van der Waals surface area contributed by atoms with Crippen LogP contribution in [-0.4, -0.2) is 20.2 Å². The van der Waals surface area contributed by atoms with Crippen molar-refractivity contribution in [3.05, 3.63) is 66.6 Å². The fourth-order valence-corrected chi connectivity index (χ4v) is 2.37. The van der Waals surface area contributed by atoms with E-state index in [1.165, 1.54) is 6.33 Å². The van der Waals surface area contributed by atoms with Gasteiger partial charge in [-0.25, -0.2) is 9.97 Å². The Bertz CT molecular complexity index is 1060. The van der Waals surface area contributed by atoms with Gasteiger partial charge in [-0.15, -0.1) is 0 Å². The Balaban J connectivity index is 1.52. The Kier molecular flexibility index (Phi) is 3.69. The summed E-state index contributed by atoms with van der Waals surface area (Å²) in [5.41, 5.74) is 2.10. The molecule has 7 nitrogen and oxygen atoms in total. The van der Waals surface area contributed by atoms with Crippen molar-refractivity contribution < 1.29 is 4.74 Å². The van der Waals surface area contributed by atoms with Crippen LogP contribution < -0.4 is 10.1 Å². The highest BCUT2D eigenvalue weighted by atomic mass is 16.5. The van der Waals surface area contributed by atoms with Gasteiger partial charge in [-0.1, -0.05) is 6.07 Å². The van der Waals surface area contributed by atoms with E-state index in [-0.39, 0.29) is 0 Å². The highest BCUT2D eigenvalue weighted by Gasteiger charge is 2.06. The molecule has 0 spiro atoms. The summed E-state index contributed by atoms with van der Waals surface area (Å²) in [7, 11) is 0. The number of fused-ring (bicyclic) bond motifs is 1. The molecular formula is C18H12N6O. The van der Waals surface area contributed by atoms with E-state index in [9.17, 15) is 0 Å². The molecule has 2 heterocycles. The molecule has 0 saturated carbocycles. The molecule has 0 fully saturated rings. The number of benzene rings is 2. The zero-order chi connectivity index (χ0) is 17.1. The lowest BCUT2D eigenvalue weighted by Crippen LogP contribution is -1.95. The number of hydrogen-bond acceptors (Lipinski definition) is 6. The maximum absolute atomic E-state index is 8.93. The van der Waals surface area contributed by atoms with E-state index in [0.717, 1.165) is 11.1 Å². The SMILES string of the molecule is N#Cc1cccc(Oc2ccc(Nc3ncnc4[nH]ncc34)cc2)c1. The number of nitrogens with one attached hydrogen (secondary N) is 2. The fraction of sp³-hybridized carbons (Fsp3) is 0. The summed E-state index contributed by atoms with van der Waals surface area (Å²) < 4.78 is 5.76. The van der Waals surface area contributed by atoms with Gasteiger partial charge in [0.05, 0.1) is 23.2 Å². The Morgan fingerprint density at radius 3 is 2.76 bits per heavy atom. The van der Waals surface area contributed by atoms with Crippen LogP contribution >= 0.6 is 0 Å². The monoisotopic (exact) mass is 328 g/mol. The molecule has 2 N–H and O–H groups in total. The van der Waals surface area contributed by atoms with Gasteiger partial charge < -0.3 is 10.1 Å². The second-order valence-electron chi connectivity index (χ2n) is 5.25. The number of H-pyrrole nitrogens is 1. The third-order valence-electron chi connectivity index (χ3n) is 3.56. The highest BCUT2D eigenvalue weighted by Crippen LogP contribution is 2.26. The number of rotatable bonds is 4. The number of anilines is 2. The second kappa shape index (κ2) is 6.29. The minimum absolute atomic E-state index is 0.559. The Morgan fingerprint density at radius 1 is 1.04 bits per heavy atom. The number of hydrogen-bond donors (Lipinski definition) is 2. The summed E-state index contributed by atoms with van der Waals surface area (Å²) in [6, 6.07) is 16.6. The highest BCUT2D eigenvalue weighted by molar-refractivity contribution is 5.87. The van der Waals surface area contributed by atoms with Crippen LogP contribution in [0.1, 0.15) is 5.56 Å². The molecule has 4 aromatic rings. The van der Waals surface area contributed by atoms with Crippen LogP contribution in [0.5, 0.6) is 11.5 Å². The molecule has 0 saturated heterocycles. The van der Waals surface area contributed by atoms with Crippen molar-refractivity contribution in [3.63, 3.8) is 0 Å². The lowest BCUT2D eigenvalue weighted by Gasteiger charge is -2.09. The molecule has 0 unspecified atom stereocenters. The number of nitriles is 1. The normalized spacial score (nSPS) is 10.4. The van der Waals surface area contributed by atoms with Crippen LogP contribution in [0.4, 0.5) is 11.5 Å².